The van der Waals surface area contributed by atoms with Crippen molar-refractivity contribution in [2.45, 2.75) is 197 Å². The molecular formula is C40H71N2O36P. The van der Waals surface area contributed by atoms with E-state index in [0.29, 0.717) is 0 Å². The van der Waals surface area contributed by atoms with Crippen molar-refractivity contribution in [1.82, 2.24) is 5.43 Å². The largest absolute Gasteiger partial charge is 0.469 e. The van der Waals surface area contributed by atoms with Crippen LogP contribution in [0.3, 0.4) is 0 Å². The van der Waals surface area contributed by atoms with Crippen molar-refractivity contribution in [2.75, 3.05) is 46.2 Å². The van der Waals surface area contributed by atoms with Gasteiger partial charge in [0.05, 0.1) is 39.6 Å². The van der Waals surface area contributed by atoms with E-state index in [4.69, 9.17) is 67.9 Å². The van der Waals surface area contributed by atoms with Crippen molar-refractivity contribution in [3.63, 3.8) is 0 Å². The van der Waals surface area contributed by atoms with Crippen molar-refractivity contribution in [3.8, 4) is 0 Å². The quantitative estimate of drug-likeness (QED) is 0.0107. The first-order chi connectivity index (χ1) is 37.3. The van der Waals surface area contributed by atoms with Crippen LogP contribution in [-0.4, -0.2) is 338 Å². The number of carbonyl (C=O) groups is 1. The predicted octanol–water partition coefficient (Wildman–Crippen LogP) is -13.7. The summed E-state index contributed by atoms with van der Waals surface area (Å²) in [5, 5.41) is 192. The lowest BCUT2D eigenvalue weighted by molar-refractivity contribution is -0.391. The standard InChI is InChI=1S/C40H71N2O36P/c41-42-16(45)2-1-3-65-36-31(60)32(76-40-34(27(56)18(47)11(5-44)71-40)78-38-30(59)25(54)21(50)15(75-38)9-69-79(62,63)64)22(51)13(73-36)7-66-35-28(57)23(52)19(48)12(72-35)6-67-39-33(26(55)17(46)10(4-43)70-39)77-37-29(58)24(53)20(49)14(74-37)8-68-61/h10-15,17-40,43-44,46-61H,1-9,41H2,(H,42,45)(H2,62,63,64)/t10?,11?,12?,13?,14?,15?,17-,18-,19-,20-,21-,22-,23+,24+,25+,26+,27+,28?,29?,30?,31?,32+,33?,34?,35+,36-,37+,38-,39+,40-/m1/s1. The molecule has 0 aromatic carbocycles. The zero-order chi connectivity index (χ0) is 58.4. The number of amides is 1. The average Bonchev–Trinajstić information content (AvgIpc) is 3.55. The number of nitrogens with one attached hydrogen (secondary N) is 1. The second kappa shape index (κ2) is 29.4. The molecule has 0 aromatic heterocycles. The maximum absolute atomic E-state index is 11.8. The Bertz CT molecular complexity index is 1910. The van der Waals surface area contributed by atoms with Gasteiger partial charge >= 0.3 is 7.82 Å². The highest BCUT2D eigenvalue weighted by Gasteiger charge is 2.56. The van der Waals surface area contributed by atoms with Crippen LogP contribution in [0.5, 0.6) is 0 Å². The first-order valence-electron chi connectivity index (χ1n) is 24.4. The van der Waals surface area contributed by atoms with Crippen LogP contribution in [-0.2, 0) is 75.6 Å². The van der Waals surface area contributed by atoms with Gasteiger partial charge in [-0.1, -0.05) is 0 Å². The normalized spacial score (nSPS) is 47.2. The number of phosphoric ester groups is 1. The summed E-state index contributed by atoms with van der Waals surface area (Å²) in [6.45, 7) is -5.99. The summed E-state index contributed by atoms with van der Waals surface area (Å²) in [6.07, 6.45) is -59.6. The second-order valence-corrected chi connectivity index (χ2v) is 20.3. The fourth-order valence-corrected chi connectivity index (χ4v) is 9.44. The Balaban J connectivity index is 1.19. The van der Waals surface area contributed by atoms with Gasteiger partial charge in [0, 0.05) is 6.42 Å². The maximum Gasteiger partial charge on any atom is 0.469 e. The molecule has 1 amide bonds. The molecule has 30 atom stereocenters. The van der Waals surface area contributed by atoms with Crippen LogP contribution >= 0.6 is 7.82 Å². The van der Waals surface area contributed by atoms with E-state index in [1.807, 2.05) is 5.43 Å². The maximum atomic E-state index is 11.8. The molecule has 6 aliphatic heterocycles. The van der Waals surface area contributed by atoms with Gasteiger partial charge < -0.3 is 153 Å². The van der Waals surface area contributed by atoms with Gasteiger partial charge in [0.25, 0.3) is 0 Å². The molecule has 38 nitrogen and oxygen atoms in total. The molecule has 0 radical (unpaired) electrons. The molecule has 6 aliphatic rings. The van der Waals surface area contributed by atoms with Crippen LogP contribution in [0, 0.1) is 0 Å². The monoisotopic (exact) mass is 1190 g/mol. The highest BCUT2D eigenvalue weighted by Crippen LogP contribution is 2.39. The van der Waals surface area contributed by atoms with Gasteiger partial charge in [0.2, 0.25) is 5.91 Å². The lowest BCUT2D eigenvalue weighted by Crippen LogP contribution is -2.67. The molecule has 6 heterocycles. The second-order valence-electron chi connectivity index (χ2n) is 19.1. The summed E-state index contributed by atoms with van der Waals surface area (Å²) in [5.41, 5.74) is 1.90. The molecule has 0 aromatic rings. The molecule has 6 fully saturated rings. The Morgan fingerprint density at radius 1 is 0.430 bits per heavy atom. The number of carbonyl (C=O) groups excluding carboxylic acids is 1. The van der Waals surface area contributed by atoms with E-state index in [2.05, 4.69) is 9.41 Å². The van der Waals surface area contributed by atoms with Crippen LogP contribution in [0.15, 0.2) is 0 Å². The lowest BCUT2D eigenvalue weighted by Gasteiger charge is -2.48. The molecule has 79 heavy (non-hydrogen) atoms. The molecule has 39 heteroatoms. The minimum Gasteiger partial charge on any atom is -0.394 e. The Kier molecular flexibility index (Phi) is 24.7. The fourth-order valence-electron chi connectivity index (χ4n) is 9.10. The topological polar surface area (TPSA) is 606 Å². The zero-order valence-corrected chi connectivity index (χ0v) is 42.1. The number of aliphatic hydroxyl groups excluding tert-OH is 17. The Labute approximate surface area is 445 Å². The van der Waals surface area contributed by atoms with Crippen LogP contribution in [0.1, 0.15) is 12.8 Å². The number of aliphatic hydroxyl groups is 17. The summed E-state index contributed by atoms with van der Waals surface area (Å²) in [7, 11) is -5.21. The van der Waals surface area contributed by atoms with Gasteiger partial charge in [-0.15, -0.1) is 0 Å². The first kappa shape index (κ1) is 66.4. The summed E-state index contributed by atoms with van der Waals surface area (Å²) < 4.78 is 83.6. The molecule has 12 unspecified atom stereocenters. The molecule has 0 saturated carbocycles. The third-order valence-corrected chi connectivity index (χ3v) is 14.1. The van der Waals surface area contributed by atoms with Crippen LogP contribution in [0.25, 0.3) is 0 Å². The van der Waals surface area contributed by atoms with Crippen molar-refractivity contribution in [2.24, 2.45) is 5.84 Å². The Morgan fingerprint density at radius 2 is 0.810 bits per heavy atom. The van der Waals surface area contributed by atoms with E-state index in [1.54, 1.807) is 0 Å². The fraction of sp³-hybridized carbons (Fsp3) is 0.975. The lowest BCUT2D eigenvalue weighted by atomic mass is 9.96. The average molecular weight is 1190 g/mol. The SMILES string of the molecule is NNC(=O)CCCO[C@@H]1OC(CO[C@H]2OC(CO[C@H]3OC(CO)[C@@H](O)[C@H](O)C3O[C@@H]3OC(COO)[C@@H](O)[C@H](O)C3O)[C@@H](O)[C@H](O)C2O)[C@@H](O)[C@H](O[C@H]2OC(CO)[C@@H](O)[C@H](O)C2O[C@H]2OC(COP(=O)(O)O)[C@@H](O)[C@H](O)C2O)C1O. The summed E-state index contributed by atoms with van der Waals surface area (Å²) in [4.78, 5) is 34.1. The van der Waals surface area contributed by atoms with Crippen molar-refractivity contribution in [3.05, 3.63) is 0 Å². The minimum atomic E-state index is -5.21. The van der Waals surface area contributed by atoms with Gasteiger partial charge in [-0.3, -0.25) is 20.0 Å². The van der Waals surface area contributed by atoms with Gasteiger partial charge in [-0.2, -0.15) is 0 Å². The summed E-state index contributed by atoms with van der Waals surface area (Å²) in [6, 6.07) is 0. The van der Waals surface area contributed by atoms with E-state index in [9.17, 15) is 106 Å². The van der Waals surface area contributed by atoms with Gasteiger partial charge in [-0.25, -0.2) is 15.3 Å². The molecule has 6 saturated heterocycles. The van der Waals surface area contributed by atoms with E-state index >= 15 is 0 Å². The van der Waals surface area contributed by atoms with Gasteiger partial charge in [-0.05, 0) is 6.42 Å². The smallest absolute Gasteiger partial charge is 0.394 e. The van der Waals surface area contributed by atoms with Gasteiger partial charge in [0.15, 0.2) is 37.7 Å². The number of rotatable bonds is 24. The van der Waals surface area contributed by atoms with Gasteiger partial charge in [0.1, 0.15) is 153 Å². The summed E-state index contributed by atoms with van der Waals surface area (Å²) >= 11 is 0. The molecule has 23 N–H and O–H groups in total. The summed E-state index contributed by atoms with van der Waals surface area (Å²) in [5.74, 6) is 4.51. The van der Waals surface area contributed by atoms with Crippen LogP contribution in [0.4, 0.5) is 0 Å². The highest BCUT2D eigenvalue weighted by atomic mass is 31.2. The molecule has 6 rings (SSSR count). The minimum absolute atomic E-state index is 0.0614. The molecule has 0 bridgehead atoms. The molecule has 0 spiro atoms. The number of hydrazine groups is 1. The third kappa shape index (κ3) is 16.0. The van der Waals surface area contributed by atoms with Crippen molar-refractivity contribution < 1.29 is 177 Å². The van der Waals surface area contributed by atoms with E-state index in [-0.39, 0.29) is 19.4 Å². The van der Waals surface area contributed by atoms with Crippen LogP contribution < -0.4 is 11.3 Å². The number of hydrogen-bond acceptors (Lipinski definition) is 35. The van der Waals surface area contributed by atoms with Crippen molar-refractivity contribution in [1.29, 1.82) is 0 Å². The van der Waals surface area contributed by atoms with Crippen LogP contribution in [0.2, 0.25) is 0 Å². The van der Waals surface area contributed by atoms with Crippen molar-refractivity contribution >= 4 is 13.7 Å². The predicted molar refractivity (Wildman–Crippen MR) is 237 cm³/mol. The third-order valence-electron chi connectivity index (χ3n) is 13.7. The number of ether oxygens (including phenoxy) is 12. The molecule has 0 aliphatic carbocycles. The number of nitrogens with two attached hydrogens (primary N) is 1. The zero-order valence-electron chi connectivity index (χ0n) is 41.2. The van der Waals surface area contributed by atoms with E-state index < -0.39 is 238 Å². The highest BCUT2D eigenvalue weighted by molar-refractivity contribution is 7.46. The number of phosphoric acid groups is 1. The Morgan fingerprint density at radius 3 is 1.29 bits per heavy atom. The van der Waals surface area contributed by atoms with E-state index in [0.717, 1.165) is 0 Å². The number of hydrogen-bond donors (Lipinski definition) is 22. The van der Waals surface area contributed by atoms with E-state index in [1.165, 1.54) is 0 Å². The molecular weight excluding hydrogens is 1120 g/mol. The first-order valence-corrected chi connectivity index (χ1v) is 25.9. The Hall–Kier alpha value is -1.70. The molecule has 462 valence electrons.